The number of rotatable bonds is 4. The van der Waals surface area contributed by atoms with Gasteiger partial charge in [-0.15, -0.1) is 0 Å². The second-order valence-electron chi connectivity index (χ2n) is 10.6. The summed E-state index contributed by atoms with van der Waals surface area (Å²) in [6.07, 6.45) is 5.36. The van der Waals surface area contributed by atoms with Crippen molar-refractivity contribution in [3.63, 3.8) is 0 Å². The minimum Gasteiger partial charge on any atom is -0.444 e. The zero-order chi connectivity index (χ0) is 26.2. The van der Waals surface area contributed by atoms with Crippen LogP contribution in [0.1, 0.15) is 64.6 Å². The van der Waals surface area contributed by atoms with Gasteiger partial charge in [0.2, 0.25) is 0 Å². The van der Waals surface area contributed by atoms with Gasteiger partial charge in [0.25, 0.3) is 17.4 Å². The maximum Gasteiger partial charge on any atom is 0.291 e. The molecule has 2 amide bonds. The van der Waals surface area contributed by atoms with E-state index in [4.69, 9.17) is 4.42 Å². The van der Waals surface area contributed by atoms with Gasteiger partial charge in [0.05, 0.1) is 11.4 Å². The summed E-state index contributed by atoms with van der Waals surface area (Å²) in [6, 6.07) is 14.5. The topological polar surface area (TPSA) is 87.8 Å². The predicted octanol–water partition coefficient (Wildman–Crippen LogP) is 5.10. The van der Waals surface area contributed by atoms with E-state index in [-0.39, 0.29) is 29.1 Å². The number of hydrogen-bond acceptors (Lipinski definition) is 5. The van der Waals surface area contributed by atoms with Gasteiger partial charge < -0.3 is 24.1 Å². The molecule has 2 aromatic heterocycles. The molecule has 0 radical (unpaired) electrons. The highest BCUT2D eigenvalue weighted by Gasteiger charge is 2.35. The first-order valence-corrected chi connectivity index (χ1v) is 14.2. The Balaban J connectivity index is 1.33. The van der Waals surface area contributed by atoms with E-state index >= 15 is 0 Å². The number of anilines is 2. The van der Waals surface area contributed by atoms with Gasteiger partial charge in [-0.3, -0.25) is 14.4 Å². The van der Waals surface area contributed by atoms with Gasteiger partial charge in [0.1, 0.15) is 0 Å². The van der Waals surface area contributed by atoms with Gasteiger partial charge in [0, 0.05) is 56.0 Å². The average molecular weight is 579 g/mol. The van der Waals surface area contributed by atoms with E-state index in [1.807, 2.05) is 33.7 Å². The molecule has 2 bridgehead atoms. The number of furan rings is 1. The Morgan fingerprint density at radius 3 is 2.53 bits per heavy atom. The fraction of sp³-hybridized carbons (Fsp3) is 0.414. The number of hydrogen-bond donors (Lipinski definition) is 1. The third-order valence-electron chi connectivity index (χ3n) is 8.00. The van der Waals surface area contributed by atoms with Crippen LogP contribution in [0.3, 0.4) is 0 Å². The van der Waals surface area contributed by atoms with E-state index in [1.165, 1.54) is 0 Å². The van der Waals surface area contributed by atoms with E-state index in [2.05, 4.69) is 26.1 Å². The van der Waals surface area contributed by atoms with Crippen LogP contribution in [0.4, 0.5) is 11.4 Å². The molecule has 1 aromatic carbocycles. The van der Waals surface area contributed by atoms with Gasteiger partial charge in [0.15, 0.2) is 10.4 Å². The van der Waals surface area contributed by atoms with E-state index in [0.717, 1.165) is 69.7 Å². The Morgan fingerprint density at radius 1 is 0.947 bits per heavy atom. The standard InChI is InChI=1S/C29H31BrN4O4/c30-26-11-10-25(38-26)28(36)31-22-15-20(29(37)32-12-3-1-2-4-13-32)8-9-24(22)33-16-19-14-21(18-33)23-6-5-7-27(35)34(23)17-19/h5-11,15,19,21H,1-4,12-14,16-18H2,(H,31,36)/t19-,21+/m1/s1. The summed E-state index contributed by atoms with van der Waals surface area (Å²) in [4.78, 5) is 43.2. The second-order valence-corrected chi connectivity index (χ2v) is 11.4. The fourth-order valence-corrected chi connectivity index (χ4v) is 6.52. The predicted molar refractivity (Wildman–Crippen MR) is 149 cm³/mol. The summed E-state index contributed by atoms with van der Waals surface area (Å²) in [5.74, 6) is 0.364. The van der Waals surface area contributed by atoms with E-state index in [9.17, 15) is 14.4 Å². The smallest absolute Gasteiger partial charge is 0.291 e. The molecule has 3 aromatic rings. The van der Waals surface area contributed by atoms with Crippen molar-refractivity contribution in [2.24, 2.45) is 5.92 Å². The molecule has 198 valence electrons. The first-order chi connectivity index (χ1) is 18.5. The van der Waals surface area contributed by atoms with Crippen LogP contribution in [0.2, 0.25) is 0 Å². The molecule has 0 unspecified atom stereocenters. The van der Waals surface area contributed by atoms with Crippen molar-refractivity contribution in [3.8, 4) is 0 Å². The number of carbonyl (C=O) groups is 2. The largest absolute Gasteiger partial charge is 0.444 e. The van der Waals surface area contributed by atoms with Crippen LogP contribution in [0.15, 0.2) is 62.4 Å². The number of halogens is 1. The number of nitrogens with zero attached hydrogens (tertiary/aromatic N) is 3. The zero-order valence-corrected chi connectivity index (χ0v) is 22.8. The molecule has 3 aliphatic rings. The van der Waals surface area contributed by atoms with Crippen molar-refractivity contribution in [2.45, 2.75) is 44.6 Å². The molecule has 1 N–H and O–H groups in total. The molecule has 6 rings (SSSR count). The lowest BCUT2D eigenvalue weighted by molar-refractivity contribution is 0.0761. The van der Waals surface area contributed by atoms with Crippen molar-refractivity contribution in [3.05, 3.63) is 80.6 Å². The van der Waals surface area contributed by atoms with Gasteiger partial charge in [-0.2, -0.15) is 0 Å². The number of pyridine rings is 1. The Hall–Kier alpha value is -3.33. The summed E-state index contributed by atoms with van der Waals surface area (Å²) in [5.41, 5.74) is 3.16. The third-order valence-corrected chi connectivity index (χ3v) is 8.43. The molecule has 38 heavy (non-hydrogen) atoms. The number of fused-ring (bicyclic) bond motifs is 4. The summed E-state index contributed by atoms with van der Waals surface area (Å²) in [6.45, 7) is 3.71. The number of amides is 2. The molecule has 3 aliphatic heterocycles. The van der Waals surface area contributed by atoms with E-state index in [1.54, 1.807) is 24.3 Å². The molecular weight excluding hydrogens is 548 g/mol. The van der Waals surface area contributed by atoms with Crippen LogP contribution in [-0.4, -0.2) is 47.5 Å². The van der Waals surface area contributed by atoms with Crippen molar-refractivity contribution in [1.82, 2.24) is 9.47 Å². The quantitative estimate of drug-likeness (QED) is 0.465. The van der Waals surface area contributed by atoms with Gasteiger partial charge >= 0.3 is 0 Å². The Kier molecular flexibility index (Phi) is 6.86. The number of nitrogens with one attached hydrogen (secondary N) is 1. The molecule has 0 aliphatic carbocycles. The monoisotopic (exact) mass is 578 g/mol. The molecule has 0 saturated carbocycles. The average Bonchev–Trinajstić information content (AvgIpc) is 3.17. The first kappa shape index (κ1) is 25.0. The summed E-state index contributed by atoms with van der Waals surface area (Å²) < 4.78 is 7.87. The molecule has 9 heteroatoms. The molecule has 0 spiro atoms. The van der Waals surface area contributed by atoms with Crippen LogP contribution in [0.5, 0.6) is 0 Å². The molecular formula is C29H31BrN4O4. The van der Waals surface area contributed by atoms with Gasteiger partial charge in [-0.25, -0.2) is 0 Å². The number of carbonyl (C=O) groups excluding carboxylic acids is 2. The normalized spacial score (nSPS) is 21.0. The highest BCUT2D eigenvalue weighted by molar-refractivity contribution is 9.10. The van der Waals surface area contributed by atoms with Crippen molar-refractivity contribution >= 4 is 39.1 Å². The Morgan fingerprint density at radius 2 is 1.76 bits per heavy atom. The number of likely N-dealkylation sites (tertiary alicyclic amines) is 1. The molecule has 2 fully saturated rings. The molecule has 5 heterocycles. The zero-order valence-electron chi connectivity index (χ0n) is 21.2. The Labute approximate surface area is 229 Å². The number of aromatic nitrogens is 1. The van der Waals surface area contributed by atoms with Crippen molar-refractivity contribution < 1.29 is 14.0 Å². The van der Waals surface area contributed by atoms with Crippen LogP contribution < -0.4 is 15.8 Å². The highest BCUT2D eigenvalue weighted by Crippen LogP contribution is 2.39. The SMILES string of the molecule is O=C(Nc1cc(C(=O)N2CCCCCC2)ccc1N1C[C@H]2C[C@@H](C1)c1cccc(=O)n1C2)c1ccc(Br)o1. The van der Waals surface area contributed by atoms with Crippen LogP contribution >= 0.6 is 15.9 Å². The maximum atomic E-state index is 13.4. The minimum atomic E-state index is -0.370. The van der Waals surface area contributed by atoms with Crippen molar-refractivity contribution in [2.75, 3.05) is 36.4 Å². The van der Waals surface area contributed by atoms with E-state index in [0.29, 0.717) is 28.4 Å². The summed E-state index contributed by atoms with van der Waals surface area (Å²) >= 11 is 3.26. The molecule has 2 saturated heterocycles. The molecule has 8 nitrogen and oxygen atoms in total. The summed E-state index contributed by atoms with van der Waals surface area (Å²) in [7, 11) is 0. The van der Waals surface area contributed by atoms with E-state index < -0.39 is 0 Å². The first-order valence-electron chi connectivity index (χ1n) is 13.4. The summed E-state index contributed by atoms with van der Waals surface area (Å²) in [5, 5.41) is 3.02. The van der Waals surface area contributed by atoms with Crippen LogP contribution in [-0.2, 0) is 6.54 Å². The maximum absolute atomic E-state index is 13.4. The highest BCUT2D eigenvalue weighted by atomic mass is 79.9. The lowest BCUT2D eigenvalue weighted by Crippen LogP contribution is -2.47. The lowest BCUT2D eigenvalue weighted by Gasteiger charge is -2.44. The minimum absolute atomic E-state index is 0.00138. The second kappa shape index (κ2) is 10.4. The van der Waals surface area contributed by atoms with Crippen LogP contribution in [0.25, 0.3) is 0 Å². The van der Waals surface area contributed by atoms with Crippen molar-refractivity contribution in [1.29, 1.82) is 0 Å². The third kappa shape index (κ3) is 4.91. The molecule has 2 atom stereocenters. The number of benzene rings is 1. The lowest BCUT2D eigenvalue weighted by atomic mass is 9.83. The fourth-order valence-electron chi connectivity index (χ4n) is 6.21. The Bertz CT molecular complexity index is 1420. The van der Waals surface area contributed by atoms with Gasteiger partial charge in [-0.05, 0) is 77.5 Å². The van der Waals surface area contributed by atoms with Gasteiger partial charge in [-0.1, -0.05) is 18.9 Å². The number of piperidine rings is 1. The van der Waals surface area contributed by atoms with Crippen LogP contribution in [0, 0.1) is 5.92 Å².